The van der Waals surface area contributed by atoms with E-state index < -0.39 is 0 Å². The summed E-state index contributed by atoms with van der Waals surface area (Å²) in [5, 5.41) is 0. The molecule has 0 heteroatoms. The smallest absolute Gasteiger partial charge is 0.0395 e. The first-order valence-corrected chi connectivity index (χ1v) is 3.15. The Hall–Kier alpha value is -0.780. The van der Waals surface area contributed by atoms with Gasteiger partial charge in [-0.1, -0.05) is 30.4 Å². The van der Waals surface area contributed by atoms with Crippen molar-refractivity contribution in [3.63, 3.8) is 0 Å². The molecule has 0 radical (unpaired) electrons. The van der Waals surface area contributed by atoms with Crippen LogP contribution in [0.2, 0.25) is 0 Å². The van der Waals surface area contributed by atoms with Gasteiger partial charge in [-0.25, -0.2) is 0 Å². The van der Waals surface area contributed by atoms with Gasteiger partial charge in [0.2, 0.25) is 0 Å². The van der Waals surface area contributed by atoms with E-state index in [1.165, 1.54) is 11.1 Å². The van der Waals surface area contributed by atoms with E-state index in [4.69, 9.17) is 0 Å². The van der Waals surface area contributed by atoms with Gasteiger partial charge in [-0.15, -0.1) is 0 Å². The monoisotopic (exact) mass is 122 g/mol. The minimum atomic E-state index is 1.28. The molecule has 0 aliphatic heterocycles. The maximum absolute atomic E-state index is 3.61. The van der Waals surface area contributed by atoms with Crippen LogP contribution in [0.4, 0.5) is 0 Å². The molecule has 0 saturated carbocycles. The maximum atomic E-state index is 3.61. The first-order chi connectivity index (χ1) is 4.22. The lowest BCUT2D eigenvalue weighted by Crippen LogP contribution is -1.75. The van der Waals surface area contributed by atoms with Crippen LogP contribution in [0, 0.1) is 0 Å². The molecule has 0 aliphatic rings. The Balaban J connectivity index is 4.19. The van der Waals surface area contributed by atoms with Crippen molar-refractivity contribution < 1.29 is 0 Å². The summed E-state index contributed by atoms with van der Waals surface area (Å²) in [6.07, 6.45) is 5.91. The van der Waals surface area contributed by atoms with E-state index in [-0.39, 0.29) is 0 Å². The van der Waals surface area contributed by atoms with Crippen molar-refractivity contribution in [2.24, 2.45) is 0 Å². The van der Waals surface area contributed by atoms with Gasteiger partial charge in [-0.2, -0.15) is 0 Å². The topological polar surface area (TPSA) is 0 Å². The molecule has 0 nitrogen and oxygen atoms in total. The first kappa shape index (κ1) is 8.22. The summed E-state index contributed by atoms with van der Waals surface area (Å²) in [4.78, 5) is 0. The summed E-state index contributed by atoms with van der Waals surface area (Å²) in [5.41, 5.74) is 2.60. The predicted molar refractivity (Wildman–Crippen MR) is 43.4 cm³/mol. The molecule has 50 valence electrons. The van der Waals surface area contributed by atoms with Gasteiger partial charge in [0.1, 0.15) is 0 Å². The SMILES string of the molecule is C=CC=C(C)C(C)=CC. The lowest BCUT2D eigenvalue weighted by atomic mass is 10.1. The number of allylic oxidation sites excluding steroid dienone is 5. The van der Waals surface area contributed by atoms with E-state index in [0.29, 0.717) is 0 Å². The van der Waals surface area contributed by atoms with E-state index in [9.17, 15) is 0 Å². The van der Waals surface area contributed by atoms with Crippen LogP contribution < -0.4 is 0 Å². The van der Waals surface area contributed by atoms with Crippen molar-refractivity contribution in [2.45, 2.75) is 20.8 Å². The fourth-order valence-corrected chi connectivity index (χ4v) is 0.536. The summed E-state index contributed by atoms with van der Waals surface area (Å²) in [6.45, 7) is 9.82. The molecule has 0 heterocycles. The molecule has 0 amide bonds. The summed E-state index contributed by atoms with van der Waals surface area (Å²) < 4.78 is 0. The van der Waals surface area contributed by atoms with Gasteiger partial charge in [-0.3, -0.25) is 0 Å². The quantitative estimate of drug-likeness (QED) is 0.494. The van der Waals surface area contributed by atoms with E-state index in [0.717, 1.165) is 0 Å². The molecular weight excluding hydrogens is 108 g/mol. The predicted octanol–water partition coefficient (Wildman–Crippen LogP) is 3.08. The minimum absolute atomic E-state index is 1.28. The molecule has 0 bridgehead atoms. The van der Waals surface area contributed by atoms with Gasteiger partial charge in [0.05, 0.1) is 0 Å². The minimum Gasteiger partial charge on any atom is -0.0991 e. The van der Waals surface area contributed by atoms with Crippen molar-refractivity contribution in [2.75, 3.05) is 0 Å². The van der Waals surface area contributed by atoms with Crippen molar-refractivity contribution in [3.8, 4) is 0 Å². The van der Waals surface area contributed by atoms with Crippen molar-refractivity contribution in [1.82, 2.24) is 0 Å². The number of hydrogen-bond donors (Lipinski definition) is 0. The molecule has 0 rings (SSSR count). The second-order valence-electron chi connectivity index (χ2n) is 2.06. The first-order valence-electron chi connectivity index (χ1n) is 3.15. The molecule has 0 N–H and O–H groups in total. The summed E-state index contributed by atoms with van der Waals surface area (Å²) in [6, 6.07) is 0. The van der Waals surface area contributed by atoms with Gasteiger partial charge in [0, 0.05) is 0 Å². The van der Waals surface area contributed by atoms with Crippen LogP contribution in [-0.2, 0) is 0 Å². The largest absolute Gasteiger partial charge is 0.0991 e. The summed E-state index contributed by atoms with van der Waals surface area (Å²) in [5.74, 6) is 0. The van der Waals surface area contributed by atoms with Crippen LogP contribution in [0.1, 0.15) is 20.8 Å². The highest BCUT2D eigenvalue weighted by molar-refractivity contribution is 5.28. The zero-order chi connectivity index (χ0) is 7.28. The van der Waals surface area contributed by atoms with Crippen LogP contribution in [-0.4, -0.2) is 0 Å². The third-order valence-corrected chi connectivity index (χ3v) is 1.42. The van der Waals surface area contributed by atoms with Crippen LogP contribution in [0.15, 0.2) is 36.0 Å². The normalized spacial score (nSPS) is 13.7. The molecule has 0 atom stereocenters. The van der Waals surface area contributed by atoms with Gasteiger partial charge in [-0.05, 0) is 26.3 Å². The zero-order valence-electron chi connectivity index (χ0n) is 6.44. The highest BCUT2D eigenvalue weighted by Gasteiger charge is 1.85. The third-order valence-electron chi connectivity index (χ3n) is 1.42. The van der Waals surface area contributed by atoms with Crippen molar-refractivity contribution >= 4 is 0 Å². The Morgan fingerprint density at radius 3 is 2.11 bits per heavy atom. The molecule has 9 heavy (non-hydrogen) atoms. The fraction of sp³-hybridized carbons (Fsp3) is 0.333. The lowest BCUT2D eigenvalue weighted by Gasteiger charge is -1.95. The second-order valence-corrected chi connectivity index (χ2v) is 2.06. The number of rotatable bonds is 2. The molecular formula is C9H14. The lowest BCUT2D eigenvalue weighted by molar-refractivity contribution is 1.33. The van der Waals surface area contributed by atoms with Crippen molar-refractivity contribution in [3.05, 3.63) is 36.0 Å². The van der Waals surface area contributed by atoms with Crippen LogP contribution in [0.25, 0.3) is 0 Å². The molecule has 0 unspecified atom stereocenters. The molecule has 0 aromatic carbocycles. The molecule has 0 aromatic heterocycles. The highest BCUT2D eigenvalue weighted by Crippen LogP contribution is 2.06. The Bertz CT molecular complexity index is 147. The van der Waals surface area contributed by atoms with E-state index in [2.05, 4.69) is 26.5 Å². The molecule has 0 aromatic rings. The second kappa shape index (κ2) is 4.13. The fourth-order valence-electron chi connectivity index (χ4n) is 0.536. The average Bonchev–Trinajstić information content (AvgIpc) is 1.87. The Morgan fingerprint density at radius 1 is 1.22 bits per heavy atom. The van der Waals surface area contributed by atoms with Crippen LogP contribution in [0.5, 0.6) is 0 Å². The van der Waals surface area contributed by atoms with E-state index in [1.54, 1.807) is 0 Å². The molecule has 0 spiro atoms. The van der Waals surface area contributed by atoms with Gasteiger partial charge >= 0.3 is 0 Å². The van der Waals surface area contributed by atoms with Crippen molar-refractivity contribution in [1.29, 1.82) is 0 Å². The average molecular weight is 122 g/mol. The van der Waals surface area contributed by atoms with Gasteiger partial charge < -0.3 is 0 Å². The van der Waals surface area contributed by atoms with Crippen LogP contribution in [0.3, 0.4) is 0 Å². The molecule has 0 aliphatic carbocycles. The maximum Gasteiger partial charge on any atom is -0.0395 e. The summed E-state index contributed by atoms with van der Waals surface area (Å²) >= 11 is 0. The summed E-state index contributed by atoms with van der Waals surface area (Å²) in [7, 11) is 0. The standard InChI is InChI=1S/C9H14/c1-5-7-9(4)8(3)6-2/h5-7H,1H2,2-4H3. The zero-order valence-corrected chi connectivity index (χ0v) is 6.44. The Morgan fingerprint density at radius 2 is 1.78 bits per heavy atom. The van der Waals surface area contributed by atoms with E-state index >= 15 is 0 Å². The molecule has 0 fully saturated rings. The highest BCUT2D eigenvalue weighted by atomic mass is 13.9. The number of hydrogen-bond acceptors (Lipinski definition) is 0. The Labute approximate surface area is 57.6 Å². The third kappa shape index (κ3) is 2.91. The van der Waals surface area contributed by atoms with Gasteiger partial charge in [0.15, 0.2) is 0 Å². The van der Waals surface area contributed by atoms with E-state index in [1.807, 2.05) is 19.1 Å². The van der Waals surface area contributed by atoms with Crippen LogP contribution >= 0.6 is 0 Å². The molecule has 0 saturated heterocycles. The van der Waals surface area contributed by atoms with Gasteiger partial charge in [0.25, 0.3) is 0 Å². The Kier molecular flexibility index (Phi) is 3.78.